The maximum absolute atomic E-state index is 13.3. The number of hydrogen-bond donors (Lipinski definition) is 3. The zero-order chi connectivity index (χ0) is 18.2. The molecule has 0 amide bonds. The van der Waals surface area contributed by atoms with Gasteiger partial charge in [0, 0.05) is 43.2 Å². The summed E-state index contributed by atoms with van der Waals surface area (Å²) in [6.07, 6.45) is 6.94. The number of nitrogens with one attached hydrogen (secondary N) is 3. The highest BCUT2D eigenvalue weighted by Gasteiger charge is 2.05. The third-order valence-corrected chi connectivity index (χ3v) is 4.04. The van der Waals surface area contributed by atoms with Gasteiger partial charge in [0.25, 0.3) is 0 Å². The van der Waals surface area contributed by atoms with Gasteiger partial charge in [0.15, 0.2) is 5.96 Å². The lowest BCUT2D eigenvalue weighted by Crippen LogP contribution is -2.38. The Morgan fingerprint density at radius 2 is 2.19 bits per heavy atom. The van der Waals surface area contributed by atoms with E-state index < -0.39 is 0 Å². The molecular formula is C20H23FN4O. The van der Waals surface area contributed by atoms with Crippen molar-refractivity contribution in [2.45, 2.75) is 12.8 Å². The minimum Gasteiger partial charge on any atom is -0.469 e. The molecule has 6 heteroatoms. The van der Waals surface area contributed by atoms with E-state index in [-0.39, 0.29) is 5.82 Å². The number of aromatic nitrogens is 1. The van der Waals surface area contributed by atoms with Crippen molar-refractivity contribution < 1.29 is 8.81 Å². The number of guanidine groups is 1. The fourth-order valence-corrected chi connectivity index (χ4v) is 2.76. The third kappa shape index (κ3) is 4.75. The first-order chi connectivity index (χ1) is 12.8. The third-order valence-electron chi connectivity index (χ3n) is 4.04. The maximum Gasteiger partial charge on any atom is 0.191 e. The summed E-state index contributed by atoms with van der Waals surface area (Å²) >= 11 is 0. The zero-order valence-corrected chi connectivity index (χ0v) is 14.6. The van der Waals surface area contributed by atoms with Crippen LogP contribution in [0.4, 0.5) is 4.39 Å². The predicted molar refractivity (Wildman–Crippen MR) is 103 cm³/mol. The number of aliphatic imine (C=N–C) groups is 1. The standard InChI is InChI=1S/C20H23FN4O/c1-2-9-22-20(24-11-8-17-4-3-12-26-17)23-10-7-15-14-25-19-13-16(21)5-6-18(15)19/h2-6,12-14,25H,1,7-11H2,(H2,22,23,24). The number of benzene rings is 1. The number of nitrogens with zero attached hydrogens (tertiary/aromatic N) is 1. The molecule has 0 spiro atoms. The molecule has 0 saturated carbocycles. The van der Waals surface area contributed by atoms with Gasteiger partial charge in [0.05, 0.1) is 6.26 Å². The SMILES string of the molecule is C=CCNC(=NCCc1ccco1)NCCc1c[nH]c2cc(F)ccc12. The first kappa shape index (κ1) is 17.8. The molecule has 3 rings (SSSR count). The van der Waals surface area contributed by atoms with Crippen molar-refractivity contribution in [3.63, 3.8) is 0 Å². The highest BCUT2D eigenvalue weighted by molar-refractivity contribution is 5.83. The molecule has 1 aromatic carbocycles. The Morgan fingerprint density at radius 3 is 3.00 bits per heavy atom. The van der Waals surface area contributed by atoms with Crippen molar-refractivity contribution in [3.8, 4) is 0 Å². The smallest absolute Gasteiger partial charge is 0.191 e. The molecule has 3 N–H and O–H groups in total. The summed E-state index contributed by atoms with van der Waals surface area (Å²) in [6, 6.07) is 8.63. The number of rotatable bonds is 8. The number of hydrogen-bond acceptors (Lipinski definition) is 2. The van der Waals surface area contributed by atoms with Gasteiger partial charge in [-0.05, 0) is 42.3 Å². The first-order valence-corrected chi connectivity index (χ1v) is 8.67. The molecule has 3 aromatic rings. The summed E-state index contributed by atoms with van der Waals surface area (Å²) in [5.41, 5.74) is 1.96. The van der Waals surface area contributed by atoms with E-state index in [9.17, 15) is 4.39 Å². The van der Waals surface area contributed by atoms with Gasteiger partial charge in [-0.3, -0.25) is 4.99 Å². The molecule has 136 valence electrons. The quantitative estimate of drug-likeness (QED) is 0.330. The van der Waals surface area contributed by atoms with Crippen molar-refractivity contribution in [3.05, 3.63) is 72.6 Å². The van der Waals surface area contributed by atoms with Gasteiger partial charge >= 0.3 is 0 Å². The Kier molecular flexibility index (Phi) is 6.09. The number of fused-ring (bicyclic) bond motifs is 1. The van der Waals surface area contributed by atoms with Crippen LogP contribution in [-0.2, 0) is 12.8 Å². The molecule has 0 atom stereocenters. The lowest BCUT2D eigenvalue weighted by atomic mass is 10.1. The molecule has 0 aliphatic heterocycles. The zero-order valence-electron chi connectivity index (χ0n) is 14.6. The Labute approximate surface area is 152 Å². The van der Waals surface area contributed by atoms with Crippen molar-refractivity contribution in [2.75, 3.05) is 19.6 Å². The van der Waals surface area contributed by atoms with E-state index in [1.54, 1.807) is 12.3 Å². The van der Waals surface area contributed by atoms with E-state index in [4.69, 9.17) is 4.42 Å². The molecule has 0 unspecified atom stereocenters. The van der Waals surface area contributed by atoms with Crippen molar-refractivity contribution in [2.24, 2.45) is 4.99 Å². The van der Waals surface area contributed by atoms with E-state index in [1.807, 2.05) is 24.4 Å². The molecule has 5 nitrogen and oxygen atoms in total. The number of furan rings is 1. The van der Waals surface area contributed by atoms with Crippen LogP contribution in [-0.4, -0.2) is 30.6 Å². The second-order valence-corrected chi connectivity index (χ2v) is 5.91. The fourth-order valence-electron chi connectivity index (χ4n) is 2.76. The van der Waals surface area contributed by atoms with Gasteiger partial charge in [0.1, 0.15) is 11.6 Å². The van der Waals surface area contributed by atoms with E-state index in [0.717, 1.165) is 41.0 Å². The van der Waals surface area contributed by atoms with Gasteiger partial charge in [-0.25, -0.2) is 4.39 Å². The average Bonchev–Trinajstić information content (AvgIpc) is 3.29. The molecule has 26 heavy (non-hydrogen) atoms. The van der Waals surface area contributed by atoms with Crippen LogP contribution in [0.15, 0.2) is 64.9 Å². The van der Waals surface area contributed by atoms with Gasteiger partial charge in [0.2, 0.25) is 0 Å². The van der Waals surface area contributed by atoms with Crippen molar-refractivity contribution >= 4 is 16.9 Å². The van der Waals surface area contributed by atoms with Crippen LogP contribution in [0.2, 0.25) is 0 Å². The topological polar surface area (TPSA) is 65.3 Å². The molecule has 0 bridgehead atoms. The van der Waals surface area contributed by atoms with Gasteiger partial charge in [-0.1, -0.05) is 6.08 Å². The van der Waals surface area contributed by atoms with Crippen LogP contribution in [0.1, 0.15) is 11.3 Å². The minimum atomic E-state index is -0.233. The monoisotopic (exact) mass is 354 g/mol. The maximum atomic E-state index is 13.3. The second kappa shape index (κ2) is 8.89. The number of aromatic amines is 1. The van der Waals surface area contributed by atoms with Crippen LogP contribution >= 0.6 is 0 Å². The largest absolute Gasteiger partial charge is 0.469 e. The molecule has 2 aromatic heterocycles. The highest BCUT2D eigenvalue weighted by Crippen LogP contribution is 2.19. The van der Waals surface area contributed by atoms with E-state index >= 15 is 0 Å². The Bertz CT molecular complexity index is 867. The number of H-pyrrole nitrogens is 1. The van der Waals surface area contributed by atoms with Crippen LogP contribution in [0, 0.1) is 5.82 Å². The molecule has 0 aliphatic rings. The minimum absolute atomic E-state index is 0.233. The number of halogens is 1. The summed E-state index contributed by atoms with van der Waals surface area (Å²) in [5, 5.41) is 7.57. The highest BCUT2D eigenvalue weighted by atomic mass is 19.1. The van der Waals surface area contributed by atoms with Gasteiger partial charge < -0.3 is 20.0 Å². The van der Waals surface area contributed by atoms with Crippen molar-refractivity contribution in [1.82, 2.24) is 15.6 Å². The van der Waals surface area contributed by atoms with Gasteiger partial charge in [-0.15, -0.1) is 6.58 Å². The molecule has 0 fully saturated rings. The molecule has 0 saturated heterocycles. The lowest BCUT2D eigenvalue weighted by molar-refractivity contribution is 0.510. The lowest BCUT2D eigenvalue weighted by Gasteiger charge is -2.11. The molecule has 0 radical (unpaired) electrons. The summed E-state index contributed by atoms with van der Waals surface area (Å²) in [6.45, 7) is 5.71. The Balaban J connectivity index is 1.55. The fraction of sp³-hybridized carbons (Fsp3) is 0.250. The van der Waals surface area contributed by atoms with E-state index in [1.165, 1.54) is 12.1 Å². The average molecular weight is 354 g/mol. The summed E-state index contributed by atoms with van der Waals surface area (Å²) in [5.74, 6) is 1.42. The Hall–Kier alpha value is -3.02. The van der Waals surface area contributed by atoms with Crippen LogP contribution in [0.3, 0.4) is 0 Å². The summed E-state index contributed by atoms with van der Waals surface area (Å²) in [4.78, 5) is 7.67. The molecule has 2 heterocycles. The second-order valence-electron chi connectivity index (χ2n) is 5.91. The van der Waals surface area contributed by atoms with Crippen LogP contribution in [0.5, 0.6) is 0 Å². The van der Waals surface area contributed by atoms with Crippen molar-refractivity contribution in [1.29, 1.82) is 0 Å². The van der Waals surface area contributed by atoms with E-state index in [2.05, 4.69) is 27.2 Å². The first-order valence-electron chi connectivity index (χ1n) is 8.67. The molecular weight excluding hydrogens is 331 g/mol. The van der Waals surface area contributed by atoms with Gasteiger partial charge in [-0.2, -0.15) is 0 Å². The van der Waals surface area contributed by atoms with Crippen LogP contribution in [0.25, 0.3) is 10.9 Å². The van der Waals surface area contributed by atoms with E-state index in [0.29, 0.717) is 19.6 Å². The van der Waals surface area contributed by atoms with Crippen LogP contribution < -0.4 is 10.6 Å². The summed E-state index contributed by atoms with van der Waals surface area (Å²) < 4.78 is 18.6. The predicted octanol–water partition coefficient (Wildman–Crippen LogP) is 3.41. The Morgan fingerprint density at radius 1 is 1.27 bits per heavy atom. The summed E-state index contributed by atoms with van der Waals surface area (Å²) in [7, 11) is 0. The normalized spacial score (nSPS) is 11.7. The molecule has 0 aliphatic carbocycles.